The number of pyridine rings is 2. The summed E-state index contributed by atoms with van der Waals surface area (Å²) in [5, 5.41) is 6.19. The summed E-state index contributed by atoms with van der Waals surface area (Å²) in [4.78, 5) is 53.1. The van der Waals surface area contributed by atoms with E-state index in [1.54, 1.807) is 36.8 Å². The molecule has 5 rings (SSSR count). The van der Waals surface area contributed by atoms with E-state index in [0.29, 0.717) is 46.9 Å². The zero-order chi connectivity index (χ0) is 44.1. The number of nitrogens with one attached hydrogen (secondary N) is 2. The summed E-state index contributed by atoms with van der Waals surface area (Å²) < 4.78 is 32.3. The van der Waals surface area contributed by atoms with Gasteiger partial charge in [-0.25, -0.2) is 4.79 Å². The second-order valence-corrected chi connectivity index (χ2v) is 15.9. The van der Waals surface area contributed by atoms with Crippen LogP contribution in [0.15, 0.2) is 66.5 Å². The van der Waals surface area contributed by atoms with E-state index in [4.69, 9.17) is 29.4 Å². The third kappa shape index (κ3) is 9.22. The molecule has 0 spiro atoms. The number of hydrogen-bond acceptors (Lipinski definition) is 10. The molecule has 60 heavy (non-hydrogen) atoms. The SMILES string of the molecule is C/C=C(\C)Cc1c(C)c(OC)c2c(OCC(=O)NC(C)(CC)CC(C)(C)NC(=O)COc3cccn4c(C(=O)c5ccc(N)c(C(=O)OC)c5)c(C)c(OC)c34)cccn12. The minimum Gasteiger partial charge on any atom is -0.494 e. The molecule has 0 saturated heterocycles. The van der Waals surface area contributed by atoms with Gasteiger partial charge >= 0.3 is 5.97 Å². The van der Waals surface area contributed by atoms with Gasteiger partial charge in [-0.15, -0.1) is 0 Å². The Balaban J connectivity index is 1.26. The Hall–Kier alpha value is -6.44. The predicted molar refractivity (Wildman–Crippen MR) is 231 cm³/mol. The van der Waals surface area contributed by atoms with Crippen LogP contribution in [0.25, 0.3) is 11.0 Å². The molecular formula is C46H57N5O9. The number of carbonyl (C=O) groups excluding carboxylic acids is 4. The fraction of sp³-hybridized carbons (Fsp3) is 0.391. The van der Waals surface area contributed by atoms with Crippen molar-refractivity contribution >= 4 is 40.3 Å². The first kappa shape index (κ1) is 44.7. The lowest BCUT2D eigenvalue weighted by atomic mass is 9.83. The highest BCUT2D eigenvalue weighted by atomic mass is 16.5. The number of nitrogens with two attached hydrogens (primary N) is 1. The van der Waals surface area contributed by atoms with E-state index in [2.05, 4.69) is 28.0 Å². The van der Waals surface area contributed by atoms with Gasteiger partial charge in [-0.2, -0.15) is 0 Å². The van der Waals surface area contributed by atoms with E-state index in [1.807, 2.05) is 59.9 Å². The lowest BCUT2D eigenvalue weighted by Gasteiger charge is -2.38. The quantitative estimate of drug-likeness (QED) is 0.0363. The third-order valence-corrected chi connectivity index (χ3v) is 10.9. The molecule has 4 N–H and O–H groups in total. The van der Waals surface area contributed by atoms with Gasteiger partial charge < -0.3 is 48.9 Å². The first-order valence-corrected chi connectivity index (χ1v) is 19.8. The number of ether oxygens (including phenoxy) is 5. The van der Waals surface area contributed by atoms with Crippen LogP contribution in [0.1, 0.15) is 97.6 Å². The molecule has 4 aromatic heterocycles. The lowest BCUT2D eigenvalue weighted by Crippen LogP contribution is -2.56. The second-order valence-electron chi connectivity index (χ2n) is 15.9. The van der Waals surface area contributed by atoms with Crippen LogP contribution in [0.5, 0.6) is 23.0 Å². The number of aromatic nitrogens is 2. The molecule has 5 aromatic rings. The molecule has 0 aliphatic rings. The number of hydrogen-bond donors (Lipinski definition) is 3. The van der Waals surface area contributed by atoms with Gasteiger partial charge in [0.2, 0.25) is 5.78 Å². The van der Waals surface area contributed by atoms with Gasteiger partial charge in [0.1, 0.15) is 28.2 Å². The molecule has 0 aliphatic heterocycles. The highest BCUT2D eigenvalue weighted by molar-refractivity contribution is 6.12. The normalized spacial score (nSPS) is 12.8. The van der Waals surface area contributed by atoms with Gasteiger partial charge in [0.25, 0.3) is 11.8 Å². The van der Waals surface area contributed by atoms with Crippen molar-refractivity contribution in [3.05, 3.63) is 100 Å². The number of nitrogens with zero attached hydrogens (tertiary/aromatic N) is 2. The van der Waals surface area contributed by atoms with E-state index in [1.165, 1.54) is 38.0 Å². The molecule has 0 radical (unpaired) electrons. The average molecular weight is 824 g/mol. The minimum absolute atomic E-state index is 0.0741. The zero-order valence-corrected chi connectivity index (χ0v) is 36.5. The van der Waals surface area contributed by atoms with Gasteiger partial charge in [-0.3, -0.25) is 14.4 Å². The maximum absolute atomic E-state index is 13.9. The van der Waals surface area contributed by atoms with Crippen LogP contribution in [0.4, 0.5) is 5.69 Å². The molecule has 14 heteroatoms. The van der Waals surface area contributed by atoms with Crippen LogP contribution in [0.3, 0.4) is 0 Å². The molecule has 0 bridgehead atoms. The van der Waals surface area contributed by atoms with Gasteiger partial charge in [0, 0.05) is 58.0 Å². The monoisotopic (exact) mass is 823 g/mol. The van der Waals surface area contributed by atoms with Crippen molar-refractivity contribution < 1.29 is 42.9 Å². The van der Waals surface area contributed by atoms with Gasteiger partial charge in [-0.1, -0.05) is 18.6 Å². The summed E-state index contributed by atoms with van der Waals surface area (Å²) in [6, 6.07) is 11.5. The standard InChI is InChI=1S/C46H57N5O9/c1-12-27(3)22-33-28(4)42(56-9)39-34(16-14-20-50(33)39)60-25-37(53)49-46(8,13-2)26-45(6,7)48-36(52)24-59-35-17-15-21-51-38(29(5)43(57-10)40(35)51)41(54)30-18-19-32(47)31(23-30)44(55)58-11/h12,14-21,23H,13,22,24-26,47H2,1-11H3,(H,48,52)(H,49,53)/b27-12+. The maximum Gasteiger partial charge on any atom is 0.339 e. The van der Waals surface area contributed by atoms with Gasteiger partial charge in [0.15, 0.2) is 24.7 Å². The number of amides is 2. The van der Waals surface area contributed by atoms with Crippen LogP contribution in [-0.4, -0.2) is 78.0 Å². The number of allylic oxidation sites excluding steroid dienone is 2. The van der Waals surface area contributed by atoms with Crippen LogP contribution in [0, 0.1) is 13.8 Å². The summed E-state index contributed by atoms with van der Waals surface area (Å²) in [7, 11) is 4.36. The molecule has 1 unspecified atom stereocenters. The smallest absolute Gasteiger partial charge is 0.339 e. The van der Waals surface area contributed by atoms with Crippen molar-refractivity contribution in [2.75, 3.05) is 40.3 Å². The Bertz CT molecular complexity index is 2480. The zero-order valence-electron chi connectivity index (χ0n) is 36.5. The summed E-state index contributed by atoms with van der Waals surface area (Å²) in [5.74, 6) is 0.201. The Morgan fingerprint density at radius 1 is 0.817 bits per heavy atom. The molecule has 320 valence electrons. The van der Waals surface area contributed by atoms with Crippen molar-refractivity contribution in [2.24, 2.45) is 0 Å². The van der Waals surface area contributed by atoms with Crippen LogP contribution < -0.4 is 35.3 Å². The highest BCUT2D eigenvalue weighted by Crippen LogP contribution is 2.39. The number of nitrogen functional groups attached to an aromatic ring is 1. The molecule has 0 saturated carbocycles. The van der Waals surface area contributed by atoms with Crippen molar-refractivity contribution in [1.29, 1.82) is 0 Å². The van der Waals surface area contributed by atoms with E-state index in [0.717, 1.165) is 23.2 Å². The van der Waals surface area contributed by atoms with Crippen LogP contribution in [-0.2, 0) is 20.7 Å². The molecule has 2 amide bonds. The average Bonchev–Trinajstić information content (AvgIpc) is 3.66. The predicted octanol–water partition coefficient (Wildman–Crippen LogP) is 6.96. The number of carbonyl (C=O) groups is 4. The minimum atomic E-state index is -0.764. The Morgan fingerprint density at radius 2 is 1.38 bits per heavy atom. The van der Waals surface area contributed by atoms with Gasteiger partial charge in [-0.05, 0) is 104 Å². The fourth-order valence-corrected chi connectivity index (χ4v) is 7.85. The van der Waals surface area contributed by atoms with E-state index in [-0.39, 0.29) is 53.3 Å². The summed E-state index contributed by atoms with van der Waals surface area (Å²) in [5.41, 5.74) is 10.4. The maximum atomic E-state index is 13.9. The van der Waals surface area contributed by atoms with E-state index < -0.39 is 17.0 Å². The van der Waals surface area contributed by atoms with Crippen molar-refractivity contribution in [3.8, 4) is 23.0 Å². The topological polar surface area (TPSA) is 173 Å². The van der Waals surface area contributed by atoms with E-state index >= 15 is 0 Å². The second kappa shape index (κ2) is 18.2. The third-order valence-electron chi connectivity index (χ3n) is 10.9. The van der Waals surface area contributed by atoms with Crippen molar-refractivity contribution in [3.63, 3.8) is 0 Å². The molecule has 1 aromatic carbocycles. The molecular weight excluding hydrogens is 767 g/mol. The van der Waals surface area contributed by atoms with E-state index in [9.17, 15) is 19.2 Å². The Labute approximate surface area is 351 Å². The molecule has 0 aliphatic carbocycles. The van der Waals surface area contributed by atoms with Crippen molar-refractivity contribution in [1.82, 2.24) is 19.4 Å². The number of fused-ring (bicyclic) bond motifs is 2. The summed E-state index contributed by atoms with van der Waals surface area (Å²) in [6.07, 6.45) is 7.48. The Morgan fingerprint density at radius 3 is 1.95 bits per heavy atom. The number of ketones is 1. The first-order valence-electron chi connectivity index (χ1n) is 19.8. The highest BCUT2D eigenvalue weighted by Gasteiger charge is 2.34. The number of rotatable bonds is 18. The van der Waals surface area contributed by atoms with Crippen LogP contribution >= 0.6 is 0 Å². The molecule has 4 heterocycles. The number of esters is 1. The first-order chi connectivity index (χ1) is 28.4. The Kier molecular flexibility index (Phi) is 13.6. The summed E-state index contributed by atoms with van der Waals surface area (Å²) >= 11 is 0. The number of anilines is 1. The van der Waals surface area contributed by atoms with Crippen molar-refractivity contribution in [2.45, 2.75) is 85.7 Å². The fourth-order valence-electron chi connectivity index (χ4n) is 7.85. The molecule has 0 fully saturated rings. The summed E-state index contributed by atoms with van der Waals surface area (Å²) in [6.45, 7) is 15.0. The lowest BCUT2D eigenvalue weighted by molar-refractivity contribution is -0.125. The molecule has 1 atom stereocenters. The largest absolute Gasteiger partial charge is 0.494 e. The molecule has 14 nitrogen and oxygen atoms in total. The van der Waals surface area contributed by atoms with Crippen LogP contribution in [0.2, 0.25) is 0 Å². The van der Waals surface area contributed by atoms with Gasteiger partial charge in [0.05, 0.1) is 26.9 Å². The number of methoxy groups -OCH3 is 3. The number of benzene rings is 1.